The number of rotatable bonds is 10. The average Bonchev–Trinajstić information content (AvgIpc) is 2.79. The van der Waals surface area contributed by atoms with Crippen molar-refractivity contribution in [1.29, 1.82) is 0 Å². The number of amides is 1. The summed E-state index contributed by atoms with van der Waals surface area (Å²) in [7, 11) is 0. The Labute approximate surface area is 181 Å². The van der Waals surface area contributed by atoms with E-state index in [4.69, 9.17) is 0 Å². The molecule has 1 saturated carbocycles. The molecule has 0 saturated heterocycles. The number of nitrogens with zero attached hydrogens (tertiary/aromatic N) is 1. The molecule has 1 heterocycles. The molecule has 1 amide bonds. The number of pyridine rings is 1. The van der Waals surface area contributed by atoms with Crippen molar-refractivity contribution in [2.24, 2.45) is 11.8 Å². The fourth-order valence-corrected chi connectivity index (χ4v) is 4.45. The summed E-state index contributed by atoms with van der Waals surface area (Å²) in [6.07, 6.45) is 10.3. The van der Waals surface area contributed by atoms with Gasteiger partial charge in [0.1, 0.15) is 0 Å². The van der Waals surface area contributed by atoms with Crippen LogP contribution < -0.4 is 10.6 Å². The second-order valence-electron chi connectivity index (χ2n) is 8.98. The molecule has 0 spiro atoms. The number of hydrogen-bond donors (Lipinski definition) is 2. The summed E-state index contributed by atoms with van der Waals surface area (Å²) in [5, 5.41) is 6.72. The Morgan fingerprint density at radius 3 is 2.47 bits per heavy atom. The number of carbonyl (C=O) groups is 1. The lowest BCUT2D eigenvalue weighted by atomic mass is 9.84. The average molecular weight is 408 g/mol. The number of hydrogen-bond acceptors (Lipinski definition) is 3. The summed E-state index contributed by atoms with van der Waals surface area (Å²) in [5.74, 6) is 1.21. The summed E-state index contributed by atoms with van der Waals surface area (Å²) in [5.41, 5.74) is 2.31. The number of nitrogens with one attached hydrogen (secondary N) is 2. The van der Waals surface area contributed by atoms with Crippen LogP contribution in [0.1, 0.15) is 69.7 Å². The van der Waals surface area contributed by atoms with Crippen LogP contribution in [-0.2, 0) is 11.2 Å². The zero-order valence-corrected chi connectivity index (χ0v) is 18.5. The van der Waals surface area contributed by atoms with Crippen LogP contribution in [0.3, 0.4) is 0 Å². The van der Waals surface area contributed by atoms with Crippen LogP contribution in [0.25, 0.3) is 0 Å². The first kappa shape index (κ1) is 22.5. The minimum Gasteiger partial charge on any atom is -0.346 e. The molecular formula is C26H37N3O. The maximum atomic E-state index is 12.9. The maximum absolute atomic E-state index is 12.9. The summed E-state index contributed by atoms with van der Waals surface area (Å²) in [4.78, 5) is 17.5. The Balaban J connectivity index is 1.52. The molecule has 2 unspecified atom stereocenters. The lowest BCUT2D eigenvalue weighted by Crippen LogP contribution is -2.45. The van der Waals surface area contributed by atoms with Crippen LogP contribution in [0.2, 0.25) is 0 Å². The molecule has 1 aliphatic rings. The molecule has 2 N–H and O–H groups in total. The van der Waals surface area contributed by atoms with Crippen LogP contribution in [0, 0.1) is 11.8 Å². The van der Waals surface area contributed by atoms with Gasteiger partial charge >= 0.3 is 0 Å². The molecular weight excluding hydrogens is 370 g/mol. The fraction of sp³-hybridized carbons (Fsp3) is 0.538. The van der Waals surface area contributed by atoms with Crippen LogP contribution in [-0.4, -0.2) is 23.5 Å². The van der Waals surface area contributed by atoms with Gasteiger partial charge in [0.05, 0.1) is 17.8 Å². The summed E-state index contributed by atoms with van der Waals surface area (Å²) >= 11 is 0. The molecule has 2 aromatic rings. The van der Waals surface area contributed by atoms with Crippen LogP contribution in [0.15, 0.2) is 54.7 Å². The van der Waals surface area contributed by atoms with Crippen molar-refractivity contribution in [2.75, 3.05) is 6.54 Å². The van der Waals surface area contributed by atoms with Gasteiger partial charge in [-0.1, -0.05) is 75.4 Å². The lowest BCUT2D eigenvalue weighted by Gasteiger charge is -2.28. The van der Waals surface area contributed by atoms with Crippen molar-refractivity contribution in [3.05, 3.63) is 66.0 Å². The minimum atomic E-state index is -0.221. The standard InChI is InChI=1S/C26H37N3O/c1-20(17-22-11-5-3-6-12-22)19-28-21(2)26(30)29-25(24-15-9-10-16-27-24)18-23-13-7-4-8-14-23/h3,5-6,9-12,15-16,20-21,23,25,28H,4,7-8,13-14,17-19H2,1-2H3,(H,29,30)/t20?,21-,25?/m0/s1. The van der Waals surface area contributed by atoms with Crippen molar-refractivity contribution >= 4 is 5.91 Å². The zero-order chi connectivity index (χ0) is 21.2. The van der Waals surface area contributed by atoms with E-state index >= 15 is 0 Å². The van der Waals surface area contributed by atoms with Crippen molar-refractivity contribution < 1.29 is 4.79 Å². The third kappa shape index (κ3) is 7.24. The first-order valence-corrected chi connectivity index (χ1v) is 11.6. The highest BCUT2D eigenvalue weighted by Gasteiger charge is 2.24. The van der Waals surface area contributed by atoms with Gasteiger partial charge in [0.2, 0.25) is 5.91 Å². The van der Waals surface area contributed by atoms with Gasteiger partial charge in [0.15, 0.2) is 0 Å². The fourth-order valence-electron chi connectivity index (χ4n) is 4.45. The van der Waals surface area contributed by atoms with E-state index < -0.39 is 0 Å². The van der Waals surface area contributed by atoms with E-state index in [9.17, 15) is 4.79 Å². The molecule has 30 heavy (non-hydrogen) atoms. The van der Waals surface area contributed by atoms with E-state index in [-0.39, 0.29) is 18.0 Å². The topological polar surface area (TPSA) is 54.0 Å². The molecule has 3 atom stereocenters. The highest BCUT2D eigenvalue weighted by molar-refractivity contribution is 5.81. The van der Waals surface area contributed by atoms with Gasteiger partial charge in [0.25, 0.3) is 0 Å². The monoisotopic (exact) mass is 407 g/mol. The largest absolute Gasteiger partial charge is 0.346 e. The van der Waals surface area contributed by atoms with Gasteiger partial charge in [-0.05, 0) is 55.8 Å². The van der Waals surface area contributed by atoms with Crippen molar-refractivity contribution in [1.82, 2.24) is 15.6 Å². The molecule has 1 aromatic carbocycles. The van der Waals surface area contributed by atoms with Crippen LogP contribution in [0.5, 0.6) is 0 Å². The van der Waals surface area contributed by atoms with Gasteiger partial charge in [-0.2, -0.15) is 0 Å². The molecule has 4 heteroatoms. The number of benzene rings is 1. The summed E-state index contributed by atoms with van der Waals surface area (Å²) < 4.78 is 0. The third-order valence-electron chi connectivity index (χ3n) is 6.25. The highest BCUT2D eigenvalue weighted by Crippen LogP contribution is 2.31. The second kappa shape index (κ2) is 11.8. The Kier molecular flexibility index (Phi) is 8.88. The van der Waals surface area contributed by atoms with Gasteiger partial charge in [0, 0.05) is 6.20 Å². The second-order valence-corrected chi connectivity index (χ2v) is 8.98. The molecule has 3 rings (SSSR count). The van der Waals surface area contributed by atoms with E-state index in [1.165, 1.54) is 37.7 Å². The smallest absolute Gasteiger partial charge is 0.237 e. The van der Waals surface area contributed by atoms with Gasteiger partial charge in [-0.3, -0.25) is 9.78 Å². The van der Waals surface area contributed by atoms with E-state index in [1.807, 2.05) is 37.4 Å². The summed E-state index contributed by atoms with van der Waals surface area (Å²) in [6.45, 7) is 5.01. The lowest BCUT2D eigenvalue weighted by molar-refractivity contribution is -0.123. The molecule has 0 radical (unpaired) electrons. The minimum absolute atomic E-state index is 0.00667. The van der Waals surface area contributed by atoms with Gasteiger partial charge < -0.3 is 10.6 Å². The Bertz CT molecular complexity index is 743. The molecule has 1 aromatic heterocycles. The predicted molar refractivity (Wildman–Crippen MR) is 123 cm³/mol. The predicted octanol–water partition coefficient (Wildman–Crippen LogP) is 5.07. The Morgan fingerprint density at radius 2 is 1.77 bits per heavy atom. The molecule has 4 nitrogen and oxygen atoms in total. The van der Waals surface area contributed by atoms with E-state index in [2.05, 4.69) is 46.8 Å². The van der Waals surface area contributed by atoms with Crippen LogP contribution >= 0.6 is 0 Å². The summed E-state index contributed by atoms with van der Waals surface area (Å²) in [6, 6.07) is 16.3. The third-order valence-corrected chi connectivity index (χ3v) is 6.25. The quantitative estimate of drug-likeness (QED) is 0.578. The molecule has 162 valence electrons. The first-order chi connectivity index (χ1) is 14.6. The number of aromatic nitrogens is 1. The van der Waals surface area contributed by atoms with Crippen LogP contribution in [0.4, 0.5) is 0 Å². The van der Waals surface area contributed by atoms with E-state index in [1.54, 1.807) is 0 Å². The molecule has 1 fully saturated rings. The Hall–Kier alpha value is -2.20. The zero-order valence-electron chi connectivity index (χ0n) is 18.5. The van der Waals surface area contributed by atoms with E-state index in [0.29, 0.717) is 11.8 Å². The van der Waals surface area contributed by atoms with E-state index in [0.717, 1.165) is 25.1 Å². The van der Waals surface area contributed by atoms with Crippen molar-refractivity contribution in [3.63, 3.8) is 0 Å². The highest BCUT2D eigenvalue weighted by atomic mass is 16.2. The van der Waals surface area contributed by atoms with Gasteiger partial charge in [-0.25, -0.2) is 0 Å². The Morgan fingerprint density at radius 1 is 1.03 bits per heavy atom. The maximum Gasteiger partial charge on any atom is 0.237 e. The number of carbonyl (C=O) groups excluding carboxylic acids is 1. The van der Waals surface area contributed by atoms with Crippen molar-refractivity contribution in [2.45, 2.75) is 70.9 Å². The van der Waals surface area contributed by atoms with Crippen molar-refractivity contribution in [3.8, 4) is 0 Å². The molecule has 0 aliphatic heterocycles. The normalized spacial score (nSPS) is 17.8. The molecule has 1 aliphatic carbocycles. The molecule has 0 bridgehead atoms. The van der Waals surface area contributed by atoms with Gasteiger partial charge in [-0.15, -0.1) is 0 Å². The first-order valence-electron chi connectivity index (χ1n) is 11.6. The SMILES string of the molecule is CC(CN[C@@H](C)C(=O)NC(CC1CCCCC1)c1ccccn1)Cc1ccccc1.